The third kappa shape index (κ3) is 1.24. The molecule has 68 valence electrons. The van der Waals surface area contributed by atoms with Gasteiger partial charge in [0.2, 0.25) is 6.41 Å². The molecule has 0 spiro atoms. The first-order valence-corrected chi connectivity index (χ1v) is 3.94. The van der Waals surface area contributed by atoms with Crippen LogP contribution in [0.4, 0.5) is 4.39 Å². The van der Waals surface area contributed by atoms with Crippen molar-refractivity contribution >= 4 is 6.41 Å². The number of nitrogens with one attached hydrogen (secondary N) is 1. The Morgan fingerprint density at radius 3 is 3.23 bits per heavy atom. The van der Waals surface area contributed by atoms with E-state index >= 15 is 0 Å². The summed E-state index contributed by atoms with van der Waals surface area (Å²) >= 11 is 0. The highest BCUT2D eigenvalue weighted by atomic mass is 19.1. The van der Waals surface area contributed by atoms with Crippen molar-refractivity contribution in [1.82, 2.24) is 5.32 Å². The fourth-order valence-corrected chi connectivity index (χ4v) is 1.43. The molecule has 3 nitrogen and oxygen atoms in total. The number of benzene rings is 1. The predicted molar refractivity (Wildman–Crippen MR) is 43.8 cm³/mol. The standard InChI is InChI=1S/C9H8FNO2/c10-7-3-1-2-6-8(11-5-12)4-13-9(6)7/h1-3,5,8H,4H2,(H,11,12). The number of amides is 1. The first-order chi connectivity index (χ1) is 6.33. The van der Waals surface area contributed by atoms with Crippen molar-refractivity contribution in [3.63, 3.8) is 0 Å². The minimum absolute atomic E-state index is 0.219. The van der Waals surface area contributed by atoms with Gasteiger partial charge in [-0.3, -0.25) is 4.79 Å². The molecule has 0 radical (unpaired) electrons. The van der Waals surface area contributed by atoms with Gasteiger partial charge in [0.05, 0.1) is 6.04 Å². The van der Waals surface area contributed by atoms with Crippen molar-refractivity contribution in [1.29, 1.82) is 0 Å². The van der Waals surface area contributed by atoms with Crippen LogP contribution < -0.4 is 10.1 Å². The van der Waals surface area contributed by atoms with Gasteiger partial charge in [-0.2, -0.15) is 0 Å². The Kier molecular flexibility index (Phi) is 1.88. The van der Waals surface area contributed by atoms with Crippen LogP contribution in [0.15, 0.2) is 18.2 Å². The van der Waals surface area contributed by atoms with Crippen molar-refractivity contribution in [2.24, 2.45) is 0 Å². The van der Waals surface area contributed by atoms with Gasteiger partial charge >= 0.3 is 0 Å². The molecular weight excluding hydrogens is 173 g/mol. The molecule has 1 atom stereocenters. The molecule has 1 amide bonds. The highest BCUT2D eigenvalue weighted by Crippen LogP contribution is 2.33. The zero-order chi connectivity index (χ0) is 9.26. The van der Waals surface area contributed by atoms with E-state index in [1.54, 1.807) is 12.1 Å². The summed E-state index contributed by atoms with van der Waals surface area (Å²) in [5.74, 6) is -0.130. The zero-order valence-electron chi connectivity index (χ0n) is 6.79. The van der Waals surface area contributed by atoms with Gasteiger partial charge in [-0.05, 0) is 6.07 Å². The topological polar surface area (TPSA) is 38.3 Å². The first kappa shape index (κ1) is 8.04. The fraction of sp³-hybridized carbons (Fsp3) is 0.222. The molecule has 1 aromatic rings. The molecule has 1 N–H and O–H groups in total. The van der Waals surface area contributed by atoms with Gasteiger partial charge < -0.3 is 10.1 Å². The van der Waals surface area contributed by atoms with E-state index in [4.69, 9.17) is 4.74 Å². The van der Waals surface area contributed by atoms with E-state index in [-0.39, 0.29) is 17.6 Å². The summed E-state index contributed by atoms with van der Waals surface area (Å²) in [6.07, 6.45) is 0.591. The van der Waals surface area contributed by atoms with Gasteiger partial charge in [0.25, 0.3) is 0 Å². The van der Waals surface area contributed by atoms with Crippen molar-refractivity contribution in [3.05, 3.63) is 29.6 Å². The molecule has 0 aliphatic carbocycles. The van der Waals surface area contributed by atoms with Crippen molar-refractivity contribution in [3.8, 4) is 5.75 Å². The Labute approximate surface area is 74.5 Å². The quantitative estimate of drug-likeness (QED) is 0.691. The molecular formula is C9H8FNO2. The number of ether oxygens (including phenoxy) is 1. The molecule has 0 bridgehead atoms. The number of hydrogen-bond donors (Lipinski definition) is 1. The molecule has 0 saturated heterocycles. The van der Waals surface area contributed by atoms with Crippen LogP contribution >= 0.6 is 0 Å². The zero-order valence-corrected chi connectivity index (χ0v) is 6.79. The monoisotopic (exact) mass is 181 g/mol. The number of para-hydroxylation sites is 1. The smallest absolute Gasteiger partial charge is 0.207 e. The van der Waals surface area contributed by atoms with Crippen molar-refractivity contribution in [2.45, 2.75) is 6.04 Å². The lowest BCUT2D eigenvalue weighted by atomic mass is 10.1. The van der Waals surface area contributed by atoms with E-state index in [1.165, 1.54) is 6.07 Å². The second kappa shape index (κ2) is 3.05. The lowest BCUT2D eigenvalue weighted by Gasteiger charge is -2.05. The van der Waals surface area contributed by atoms with E-state index in [0.29, 0.717) is 18.6 Å². The van der Waals surface area contributed by atoms with E-state index in [2.05, 4.69) is 5.32 Å². The molecule has 1 unspecified atom stereocenters. The molecule has 4 heteroatoms. The minimum Gasteiger partial charge on any atom is -0.488 e. The SMILES string of the molecule is O=CNC1COc2c(F)cccc21. The van der Waals surface area contributed by atoms with Crippen LogP contribution in [0, 0.1) is 5.82 Å². The molecule has 0 saturated carbocycles. The summed E-state index contributed by atoms with van der Waals surface area (Å²) in [6.45, 7) is 0.301. The summed E-state index contributed by atoms with van der Waals surface area (Å²) in [7, 11) is 0. The molecule has 2 rings (SSSR count). The Balaban J connectivity index is 2.37. The van der Waals surface area contributed by atoms with E-state index in [0.717, 1.165) is 0 Å². The molecule has 13 heavy (non-hydrogen) atoms. The van der Waals surface area contributed by atoms with Crippen LogP contribution in [-0.4, -0.2) is 13.0 Å². The van der Waals surface area contributed by atoms with Crippen molar-refractivity contribution in [2.75, 3.05) is 6.61 Å². The van der Waals surface area contributed by atoms with Crippen LogP contribution in [0.25, 0.3) is 0 Å². The second-order valence-electron chi connectivity index (χ2n) is 2.81. The lowest BCUT2D eigenvalue weighted by molar-refractivity contribution is -0.110. The van der Waals surface area contributed by atoms with Gasteiger partial charge in [0, 0.05) is 5.56 Å². The average Bonchev–Trinajstić information content (AvgIpc) is 2.51. The van der Waals surface area contributed by atoms with Gasteiger partial charge in [0.1, 0.15) is 6.61 Å². The number of carbonyl (C=O) groups is 1. The summed E-state index contributed by atoms with van der Waals surface area (Å²) in [4.78, 5) is 10.2. The molecule has 0 fully saturated rings. The maximum atomic E-state index is 13.1. The Morgan fingerprint density at radius 2 is 2.46 bits per heavy atom. The van der Waals surface area contributed by atoms with Gasteiger partial charge in [-0.1, -0.05) is 12.1 Å². The highest BCUT2D eigenvalue weighted by Gasteiger charge is 2.25. The normalized spacial score (nSPS) is 19.0. The molecule has 1 heterocycles. The molecule has 1 aromatic carbocycles. The summed E-state index contributed by atoms with van der Waals surface area (Å²) in [5, 5.41) is 2.56. The van der Waals surface area contributed by atoms with E-state index in [1.807, 2.05) is 0 Å². The number of fused-ring (bicyclic) bond motifs is 1. The minimum atomic E-state index is -0.382. The summed E-state index contributed by atoms with van der Waals surface area (Å²) in [6, 6.07) is 4.46. The van der Waals surface area contributed by atoms with E-state index in [9.17, 15) is 9.18 Å². The van der Waals surface area contributed by atoms with Gasteiger partial charge in [-0.25, -0.2) is 4.39 Å². The third-order valence-electron chi connectivity index (χ3n) is 2.04. The number of carbonyl (C=O) groups excluding carboxylic acids is 1. The summed E-state index contributed by atoms with van der Waals surface area (Å²) in [5.41, 5.74) is 0.701. The van der Waals surface area contributed by atoms with Gasteiger partial charge in [0.15, 0.2) is 11.6 Å². The number of hydrogen-bond acceptors (Lipinski definition) is 2. The van der Waals surface area contributed by atoms with Crippen molar-refractivity contribution < 1.29 is 13.9 Å². The van der Waals surface area contributed by atoms with Gasteiger partial charge in [-0.15, -0.1) is 0 Å². The van der Waals surface area contributed by atoms with Crippen LogP contribution in [0.1, 0.15) is 11.6 Å². The highest BCUT2D eigenvalue weighted by molar-refractivity contribution is 5.50. The Hall–Kier alpha value is -1.58. The largest absolute Gasteiger partial charge is 0.488 e. The second-order valence-corrected chi connectivity index (χ2v) is 2.81. The number of halogens is 1. The van der Waals surface area contributed by atoms with Crippen LogP contribution in [0.2, 0.25) is 0 Å². The van der Waals surface area contributed by atoms with E-state index < -0.39 is 0 Å². The Morgan fingerprint density at radius 1 is 1.62 bits per heavy atom. The molecule has 1 aliphatic rings. The lowest BCUT2D eigenvalue weighted by Crippen LogP contribution is -2.20. The first-order valence-electron chi connectivity index (χ1n) is 3.94. The predicted octanol–water partition coefficient (Wildman–Crippen LogP) is 1.01. The fourth-order valence-electron chi connectivity index (χ4n) is 1.43. The average molecular weight is 181 g/mol. The molecule has 1 aliphatic heterocycles. The van der Waals surface area contributed by atoms with Crippen LogP contribution in [0.3, 0.4) is 0 Å². The van der Waals surface area contributed by atoms with Crippen LogP contribution in [0.5, 0.6) is 5.75 Å². The maximum absolute atomic E-state index is 13.1. The summed E-state index contributed by atoms with van der Waals surface area (Å²) < 4.78 is 18.2. The Bertz CT molecular complexity index is 340. The van der Waals surface area contributed by atoms with Crippen LogP contribution in [-0.2, 0) is 4.79 Å². The third-order valence-corrected chi connectivity index (χ3v) is 2.04. The molecule has 0 aromatic heterocycles. The maximum Gasteiger partial charge on any atom is 0.207 e. The number of rotatable bonds is 2.